The number of aromatic nitrogens is 1. The van der Waals surface area contributed by atoms with Crippen LogP contribution in [0.3, 0.4) is 0 Å². The molecule has 0 spiro atoms. The first-order chi connectivity index (χ1) is 8.81. The third-order valence-corrected chi connectivity index (χ3v) is 3.71. The first-order valence-corrected chi connectivity index (χ1v) is 6.98. The molecule has 2 aromatic heterocycles. The van der Waals surface area contributed by atoms with Gasteiger partial charge in [-0.2, -0.15) is 0 Å². The number of nitrogens with zero attached hydrogens (tertiary/aromatic N) is 1. The monoisotopic (exact) mass is 262 g/mol. The smallest absolute Gasteiger partial charge is 0.0995 e. The molecule has 2 heterocycles. The van der Waals surface area contributed by atoms with Crippen molar-refractivity contribution in [1.82, 2.24) is 4.98 Å². The molecule has 3 nitrogen and oxygen atoms in total. The van der Waals surface area contributed by atoms with E-state index in [0.29, 0.717) is 6.61 Å². The maximum absolute atomic E-state index is 6.14. The topological polar surface area (TPSA) is 48.1 Å². The van der Waals surface area contributed by atoms with E-state index in [1.807, 2.05) is 24.4 Å². The number of pyridine rings is 1. The highest BCUT2D eigenvalue weighted by molar-refractivity contribution is 7.09. The van der Waals surface area contributed by atoms with Crippen molar-refractivity contribution in [3.05, 3.63) is 52.5 Å². The van der Waals surface area contributed by atoms with Gasteiger partial charge < -0.3 is 10.5 Å². The lowest BCUT2D eigenvalue weighted by Gasteiger charge is -2.23. The van der Waals surface area contributed by atoms with Gasteiger partial charge in [0.15, 0.2) is 0 Å². The molecule has 0 fully saturated rings. The van der Waals surface area contributed by atoms with Gasteiger partial charge in [0.1, 0.15) is 0 Å². The summed E-state index contributed by atoms with van der Waals surface area (Å²) in [6, 6.07) is 8.03. The molecular weight excluding hydrogens is 244 g/mol. The molecule has 2 aromatic rings. The second-order valence-corrected chi connectivity index (χ2v) is 5.20. The first-order valence-electron chi connectivity index (χ1n) is 6.10. The van der Waals surface area contributed by atoms with Crippen LogP contribution in [0, 0.1) is 0 Å². The van der Waals surface area contributed by atoms with Gasteiger partial charge in [-0.1, -0.05) is 19.1 Å². The molecule has 0 amide bonds. The van der Waals surface area contributed by atoms with Gasteiger partial charge in [-0.15, -0.1) is 11.3 Å². The molecule has 0 bridgehead atoms. The maximum atomic E-state index is 6.14. The molecular formula is C14H18N2OS. The molecule has 2 N–H and O–H groups in total. The number of nitrogens with two attached hydrogens (primary N) is 1. The minimum Gasteiger partial charge on any atom is -0.366 e. The van der Waals surface area contributed by atoms with Crippen molar-refractivity contribution < 1.29 is 4.74 Å². The number of rotatable bonds is 6. The van der Waals surface area contributed by atoms with Gasteiger partial charge in [0.25, 0.3) is 0 Å². The van der Waals surface area contributed by atoms with E-state index >= 15 is 0 Å². The van der Waals surface area contributed by atoms with Crippen LogP contribution in [0.15, 0.2) is 42.0 Å². The lowest BCUT2D eigenvalue weighted by Crippen LogP contribution is -2.29. The molecule has 2 rings (SSSR count). The molecule has 0 aliphatic heterocycles. The number of hydrogen-bond acceptors (Lipinski definition) is 4. The van der Waals surface area contributed by atoms with Crippen LogP contribution in [0.5, 0.6) is 0 Å². The zero-order valence-corrected chi connectivity index (χ0v) is 11.3. The zero-order valence-electron chi connectivity index (χ0n) is 10.5. The molecule has 0 aliphatic rings. The number of hydrogen-bond donors (Lipinski definition) is 1. The summed E-state index contributed by atoms with van der Waals surface area (Å²) < 4.78 is 5.97. The largest absolute Gasteiger partial charge is 0.366 e. The Labute approximate surface area is 112 Å². The average Bonchev–Trinajstić information content (AvgIpc) is 2.93. The lowest BCUT2D eigenvalue weighted by atomic mass is 10.0. The molecule has 2 atom stereocenters. The third kappa shape index (κ3) is 3.38. The SMILES string of the molecule is CCC(N)C(OCc1cccs1)c1cccnc1. The Balaban J connectivity index is 2.06. The van der Waals surface area contributed by atoms with Gasteiger partial charge in [-0.3, -0.25) is 4.98 Å². The summed E-state index contributed by atoms with van der Waals surface area (Å²) in [6.45, 7) is 2.67. The van der Waals surface area contributed by atoms with Crippen molar-refractivity contribution in [1.29, 1.82) is 0 Å². The molecule has 18 heavy (non-hydrogen) atoms. The highest BCUT2D eigenvalue weighted by Gasteiger charge is 2.19. The van der Waals surface area contributed by atoms with E-state index in [1.54, 1.807) is 17.5 Å². The van der Waals surface area contributed by atoms with Gasteiger partial charge in [0, 0.05) is 28.9 Å². The fourth-order valence-corrected chi connectivity index (χ4v) is 2.42. The van der Waals surface area contributed by atoms with Crippen molar-refractivity contribution in [2.24, 2.45) is 5.73 Å². The Bertz CT molecular complexity index is 444. The first kappa shape index (κ1) is 13.2. The van der Waals surface area contributed by atoms with E-state index in [4.69, 9.17) is 10.5 Å². The molecule has 0 saturated heterocycles. The molecule has 0 radical (unpaired) electrons. The van der Waals surface area contributed by atoms with Crippen molar-refractivity contribution in [3.8, 4) is 0 Å². The van der Waals surface area contributed by atoms with Gasteiger partial charge >= 0.3 is 0 Å². The quantitative estimate of drug-likeness (QED) is 0.870. The standard InChI is InChI=1S/C14H18N2OS/c1-2-13(15)14(11-5-3-7-16-9-11)17-10-12-6-4-8-18-12/h3-9,13-14H,2,10,15H2,1H3. The van der Waals surface area contributed by atoms with Crippen molar-refractivity contribution >= 4 is 11.3 Å². The predicted molar refractivity (Wildman–Crippen MR) is 74.4 cm³/mol. The van der Waals surface area contributed by atoms with E-state index in [2.05, 4.69) is 23.4 Å². The number of thiophene rings is 1. The van der Waals surface area contributed by atoms with Crippen LogP contribution in [-0.2, 0) is 11.3 Å². The summed E-state index contributed by atoms with van der Waals surface area (Å²) in [5.41, 5.74) is 7.18. The van der Waals surface area contributed by atoms with Crippen molar-refractivity contribution in [2.45, 2.75) is 32.1 Å². The number of ether oxygens (including phenoxy) is 1. The predicted octanol–water partition coefficient (Wildman–Crippen LogP) is 3.14. The molecule has 96 valence electrons. The van der Waals surface area contributed by atoms with Gasteiger partial charge in [-0.25, -0.2) is 0 Å². The molecule has 0 aromatic carbocycles. The molecule has 2 unspecified atom stereocenters. The Morgan fingerprint density at radius 3 is 2.89 bits per heavy atom. The third-order valence-electron chi connectivity index (χ3n) is 2.86. The molecule has 0 saturated carbocycles. The minimum absolute atomic E-state index is 0.00541. The second kappa shape index (κ2) is 6.64. The van der Waals surface area contributed by atoms with E-state index in [9.17, 15) is 0 Å². The lowest BCUT2D eigenvalue weighted by molar-refractivity contribution is 0.0225. The Kier molecular flexibility index (Phi) is 4.87. The Morgan fingerprint density at radius 1 is 1.39 bits per heavy atom. The van der Waals surface area contributed by atoms with Crippen molar-refractivity contribution in [3.63, 3.8) is 0 Å². The van der Waals surface area contributed by atoms with Crippen LogP contribution >= 0.6 is 11.3 Å². The van der Waals surface area contributed by atoms with Crippen LogP contribution in [0.2, 0.25) is 0 Å². The van der Waals surface area contributed by atoms with Crippen LogP contribution in [-0.4, -0.2) is 11.0 Å². The molecule has 4 heteroatoms. The second-order valence-electron chi connectivity index (χ2n) is 4.17. The Morgan fingerprint density at radius 2 is 2.28 bits per heavy atom. The van der Waals surface area contributed by atoms with Gasteiger partial charge in [-0.05, 0) is 23.9 Å². The molecule has 0 aliphatic carbocycles. The van der Waals surface area contributed by atoms with Gasteiger partial charge in [0.05, 0.1) is 12.7 Å². The van der Waals surface area contributed by atoms with Crippen LogP contribution in [0.1, 0.15) is 29.9 Å². The minimum atomic E-state index is -0.0919. The Hall–Kier alpha value is -1.23. The van der Waals surface area contributed by atoms with Crippen LogP contribution < -0.4 is 5.73 Å². The summed E-state index contributed by atoms with van der Waals surface area (Å²) >= 11 is 1.70. The highest BCUT2D eigenvalue weighted by Crippen LogP contribution is 2.23. The summed E-state index contributed by atoms with van der Waals surface area (Å²) in [5, 5.41) is 2.05. The fraction of sp³-hybridized carbons (Fsp3) is 0.357. The summed E-state index contributed by atoms with van der Waals surface area (Å²) in [6.07, 6.45) is 4.38. The van der Waals surface area contributed by atoms with E-state index < -0.39 is 0 Å². The fourth-order valence-electron chi connectivity index (χ4n) is 1.79. The summed E-state index contributed by atoms with van der Waals surface area (Å²) in [7, 11) is 0. The normalized spacial score (nSPS) is 14.3. The van der Waals surface area contributed by atoms with Crippen LogP contribution in [0.4, 0.5) is 0 Å². The van der Waals surface area contributed by atoms with E-state index in [0.717, 1.165) is 12.0 Å². The van der Waals surface area contributed by atoms with E-state index in [1.165, 1.54) is 4.88 Å². The maximum Gasteiger partial charge on any atom is 0.0995 e. The summed E-state index contributed by atoms with van der Waals surface area (Å²) in [5.74, 6) is 0. The van der Waals surface area contributed by atoms with Crippen LogP contribution in [0.25, 0.3) is 0 Å². The average molecular weight is 262 g/mol. The summed E-state index contributed by atoms with van der Waals surface area (Å²) in [4.78, 5) is 5.35. The van der Waals surface area contributed by atoms with E-state index in [-0.39, 0.29) is 12.1 Å². The van der Waals surface area contributed by atoms with Gasteiger partial charge in [0.2, 0.25) is 0 Å². The zero-order chi connectivity index (χ0) is 12.8. The highest BCUT2D eigenvalue weighted by atomic mass is 32.1. The van der Waals surface area contributed by atoms with Crippen molar-refractivity contribution in [2.75, 3.05) is 0 Å².